The van der Waals surface area contributed by atoms with Gasteiger partial charge in [-0.25, -0.2) is 0 Å². The summed E-state index contributed by atoms with van der Waals surface area (Å²) in [7, 11) is 0. The van der Waals surface area contributed by atoms with Gasteiger partial charge in [-0.3, -0.25) is 14.9 Å². The number of rotatable bonds is 5. The highest BCUT2D eigenvalue weighted by atomic mass is 16.6. The van der Waals surface area contributed by atoms with E-state index in [1.54, 1.807) is 36.4 Å². The Labute approximate surface area is 127 Å². The van der Waals surface area contributed by atoms with Crippen LogP contribution in [0.5, 0.6) is 5.75 Å². The van der Waals surface area contributed by atoms with Gasteiger partial charge in [0.05, 0.1) is 4.92 Å². The molecule has 2 aromatic rings. The number of nitrogens with one attached hydrogen (secondary N) is 1. The molecule has 0 saturated heterocycles. The van der Waals surface area contributed by atoms with Gasteiger partial charge in [0, 0.05) is 24.7 Å². The maximum Gasteiger partial charge on any atom is 0.269 e. The Bertz CT molecular complexity index is 683. The second kappa shape index (κ2) is 6.71. The Hall–Kier alpha value is -2.89. The minimum atomic E-state index is -0.432. The number of carbonyl (C=O) groups is 1. The van der Waals surface area contributed by atoms with Crippen LogP contribution in [0.15, 0.2) is 48.5 Å². The van der Waals surface area contributed by atoms with Crippen molar-refractivity contribution >= 4 is 17.3 Å². The molecule has 0 aliphatic carbocycles. The van der Waals surface area contributed by atoms with Crippen molar-refractivity contribution in [3.63, 3.8) is 0 Å². The van der Waals surface area contributed by atoms with Gasteiger partial charge in [-0.2, -0.15) is 0 Å². The van der Waals surface area contributed by atoms with Gasteiger partial charge < -0.3 is 10.1 Å². The first kappa shape index (κ1) is 15.5. The van der Waals surface area contributed by atoms with Gasteiger partial charge in [0.2, 0.25) is 5.91 Å². The molecule has 0 saturated carbocycles. The number of anilines is 1. The van der Waals surface area contributed by atoms with Crippen LogP contribution in [0.1, 0.15) is 25.5 Å². The smallest absolute Gasteiger partial charge is 0.269 e. The minimum absolute atomic E-state index is 0.0361. The van der Waals surface area contributed by atoms with Gasteiger partial charge in [-0.05, 0) is 36.8 Å². The summed E-state index contributed by atoms with van der Waals surface area (Å²) in [5, 5.41) is 13.5. The molecule has 6 nitrogen and oxygen atoms in total. The highest BCUT2D eigenvalue weighted by Crippen LogP contribution is 2.25. The van der Waals surface area contributed by atoms with Crippen molar-refractivity contribution in [2.75, 3.05) is 5.32 Å². The number of nitro benzene ring substituents is 1. The molecule has 0 unspecified atom stereocenters. The zero-order valence-electron chi connectivity index (χ0n) is 12.3. The van der Waals surface area contributed by atoms with Gasteiger partial charge in [0.15, 0.2) is 0 Å². The summed E-state index contributed by atoms with van der Waals surface area (Å²) in [4.78, 5) is 21.3. The lowest BCUT2D eigenvalue weighted by molar-refractivity contribution is -0.385. The summed E-state index contributed by atoms with van der Waals surface area (Å²) < 4.78 is 5.76. The van der Waals surface area contributed by atoms with E-state index in [-0.39, 0.29) is 17.7 Å². The Morgan fingerprint density at radius 3 is 2.50 bits per heavy atom. The van der Waals surface area contributed by atoms with E-state index in [0.717, 1.165) is 5.56 Å². The van der Waals surface area contributed by atoms with Crippen LogP contribution < -0.4 is 10.1 Å². The Morgan fingerprint density at radius 1 is 1.23 bits per heavy atom. The quantitative estimate of drug-likeness (QED) is 0.674. The maximum atomic E-state index is 11.0. The number of hydrogen-bond donors (Lipinski definition) is 1. The molecule has 0 bridgehead atoms. The van der Waals surface area contributed by atoms with Crippen LogP contribution in [0.4, 0.5) is 11.4 Å². The monoisotopic (exact) mass is 300 g/mol. The third-order valence-corrected chi connectivity index (χ3v) is 3.04. The van der Waals surface area contributed by atoms with E-state index in [9.17, 15) is 14.9 Å². The van der Waals surface area contributed by atoms with Crippen molar-refractivity contribution in [2.24, 2.45) is 0 Å². The normalized spacial score (nSPS) is 11.5. The van der Waals surface area contributed by atoms with Crippen molar-refractivity contribution in [1.82, 2.24) is 0 Å². The van der Waals surface area contributed by atoms with Crippen molar-refractivity contribution in [3.8, 4) is 5.75 Å². The first-order chi connectivity index (χ1) is 10.5. The molecule has 114 valence electrons. The number of nitrogens with zero attached hydrogens (tertiary/aromatic N) is 1. The molecule has 0 aliphatic rings. The summed E-state index contributed by atoms with van der Waals surface area (Å²) in [5.74, 6) is 0.478. The fraction of sp³-hybridized carbons (Fsp3) is 0.188. The molecule has 1 N–H and O–H groups in total. The second-order valence-corrected chi connectivity index (χ2v) is 4.82. The predicted octanol–water partition coefficient (Wildman–Crippen LogP) is 3.69. The number of non-ortho nitro benzene ring substituents is 1. The predicted molar refractivity (Wildman–Crippen MR) is 82.9 cm³/mol. The van der Waals surface area contributed by atoms with E-state index < -0.39 is 4.92 Å². The molecule has 2 aromatic carbocycles. The van der Waals surface area contributed by atoms with E-state index >= 15 is 0 Å². The topological polar surface area (TPSA) is 81.5 Å². The molecular formula is C16H16N2O4. The van der Waals surface area contributed by atoms with E-state index in [2.05, 4.69) is 5.32 Å². The van der Waals surface area contributed by atoms with Crippen LogP contribution in [-0.4, -0.2) is 10.8 Å². The Kier molecular flexibility index (Phi) is 4.73. The highest BCUT2D eigenvalue weighted by Gasteiger charge is 2.12. The number of amides is 1. The fourth-order valence-corrected chi connectivity index (χ4v) is 1.98. The van der Waals surface area contributed by atoms with Crippen molar-refractivity contribution in [2.45, 2.75) is 20.0 Å². The summed E-state index contributed by atoms with van der Waals surface area (Å²) in [5.41, 5.74) is 1.44. The molecule has 1 amide bonds. The van der Waals surface area contributed by atoms with Crippen molar-refractivity contribution < 1.29 is 14.5 Å². The van der Waals surface area contributed by atoms with E-state index in [1.807, 2.05) is 6.92 Å². The fourth-order valence-electron chi connectivity index (χ4n) is 1.98. The number of hydrogen-bond acceptors (Lipinski definition) is 4. The first-order valence-corrected chi connectivity index (χ1v) is 6.74. The van der Waals surface area contributed by atoms with Crippen LogP contribution in [-0.2, 0) is 4.79 Å². The van der Waals surface area contributed by atoms with E-state index in [0.29, 0.717) is 11.4 Å². The summed E-state index contributed by atoms with van der Waals surface area (Å²) in [6.45, 7) is 3.26. The third-order valence-electron chi connectivity index (χ3n) is 3.04. The van der Waals surface area contributed by atoms with Gasteiger partial charge >= 0.3 is 0 Å². The molecule has 1 atom stereocenters. The largest absolute Gasteiger partial charge is 0.486 e. The van der Waals surface area contributed by atoms with Gasteiger partial charge in [0.25, 0.3) is 5.69 Å². The molecule has 0 spiro atoms. The first-order valence-electron chi connectivity index (χ1n) is 6.74. The summed E-state index contributed by atoms with van der Waals surface area (Å²) in [6.07, 6.45) is -0.327. The van der Waals surface area contributed by atoms with Crippen LogP contribution >= 0.6 is 0 Å². The second-order valence-electron chi connectivity index (χ2n) is 4.82. The van der Waals surface area contributed by atoms with E-state index in [4.69, 9.17) is 4.74 Å². The number of carbonyl (C=O) groups excluding carboxylic acids is 1. The summed E-state index contributed by atoms with van der Waals surface area (Å²) >= 11 is 0. The number of ether oxygens (including phenoxy) is 1. The Balaban J connectivity index is 2.08. The van der Waals surface area contributed by atoms with Crippen molar-refractivity contribution in [1.29, 1.82) is 0 Å². The molecule has 0 fully saturated rings. The molecule has 0 heterocycles. The van der Waals surface area contributed by atoms with Crippen LogP contribution in [0.25, 0.3) is 0 Å². The summed E-state index contributed by atoms with van der Waals surface area (Å²) in [6, 6.07) is 13.3. The highest BCUT2D eigenvalue weighted by molar-refractivity contribution is 5.88. The van der Waals surface area contributed by atoms with Crippen molar-refractivity contribution in [3.05, 3.63) is 64.2 Å². The number of benzene rings is 2. The SMILES string of the molecule is CC(=O)Nc1ccc(O[C@H](C)c2cccc([N+](=O)[O-])c2)cc1. The average molecular weight is 300 g/mol. The van der Waals surface area contributed by atoms with Crippen LogP contribution in [0.3, 0.4) is 0 Å². The zero-order valence-corrected chi connectivity index (χ0v) is 12.3. The number of nitro groups is 1. The lowest BCUT2D eigenvalue weighted by Crippen LogP contribution is -2.06. The molecule has 0 aliphatic heterocycles. The van der Waals surface area contributed by atoms with E-state index in [1.165, 1.54) is 19.1 Å². The maximum absolute atomic E-state index is 11.0. The molecule has 2 rings (SSSR count). The molecular weight excluding hydrogens is 284 g/mol. The average Bonchev–Trinajstić information content (AvgIpc) is 2.49. The lowest BCUT2D eigenvalue weighted by atomic mass is 10.1. The van der Waals surface area contributed by atoms with Gasteiger partial charge in [-0.1, -0.05) is 12.1 Å². The molecule has 22 heavy (non-hydrogen) atoms. The van der Waals surface area contributed by atoms with Gasteiger partial charge in [-0.15, -0.1) is 0 Å². The zero-order chi connectivity index (χ0) is 16.1. The molecule has 0 aromatic heterocycles. The lowest BCUT2D eigenvalue weighted by Gasteiger charge is -2.15. The Morgan fingerprint density at radius 2 is 1.91 bits per heavy atom. The standard InChI is InChI=1S/C16H16N2O4/c1-11(13-4-3-5-15(10-13)18(20)21)22-16-8-6-14(7-9-16)17-12(2)19/h3-11H,1-2H3,(H,17,19)/t11-/m1/s1. The van der Waals surface area contributed by atoms with Crippen LogP contribution in [0, 0.1) is 10.1 Å². The van der Waals surface area contributed by atoms with Gasteiger partial charge in [0.1, 0.15) is 11.9 Å². The van der Waals surface area contributed by atoms with Crippen LogP contribution in [0.2, 0.25) is 0 Å². The minimum Gasteiger partial charge on any atom is -0.486 e. The molecule has 0 radical (unpaired) electrons. The third kappa shape index (κ3) is 4.05. The molecule has 6 heteroatoms.